The number of rotatable bonds is 4. The summed E-state index contributed by atoms with van der Waals surface area (Å²) in [5, 5.41) is 0.246. The summed E-state index contributed by atoms with van der Waals surface area (Å²) in [6.45, 7) is 0. The van der Waals surface area contributed by atoms with Crippen LogP contribution >= 0.6 is 23.2 Å². The average molecular weight is 307 g/mol. The molecular weight excluding hydrogens is 299 g/mol. The van der Waals surface area contributed by atoms with Crippen molar-refractivity contribution in [1.82, 2.24) is 0 Å². The van der Waals surface area contributed by atoms with Crippen LogP contribution in [0, 0.1) is 0 Å². The normalized spacial score (nSPS) is 10.1. The molecule has 0 fully saturated rings. The van der Waals surface area contributed by atoms with Gasteiger partial charge in [-0.15, -0.1) is 0 Å². The molecule has 0 bridgehead atoms. The molecule has 0 N–H and O–H groups in total. The number of carbonyl (C=O) groups excluding carboxylic acids is 3. The maximum atomic E-state index is 12.0. The van der Waals surface area contributed by atoms with Crippen LogP contribution < -0.4 is 0 Å². The molecule has 2 rings (SSSR count). The van der Waals surface area contributed by atoms with E-state index in [1.165, 1.54) is 24.3 Å². The summed E-state index contributed by atoms with van der Waals surface area (Å²) in [4.78, 5) is 35.9. The van der Waals surface area contributed by atoms with Crippen molar-refractivity contribution in [2.45, 2.75) is 0 Å². The molecule has 0 spiro atoms. The van der Waals surface area contributed by atoms with Gasteiger partial charge in [-0.05, 0) is 24.3 Å². The molecule has 0 radical (unpaired) electrons. The number of halogens is 2. The molecule has 5 heteroatoms. The highest BCUT2D eigenvalue weighted by atomic mass is 35.5. The lowest BCUT2D eigenvalue weighted by atomic mass is 10.0. The van der Waals surface area contributed by atoms with Crippen LogP contribution in [0.4, 0.5) is 0 Å². The Kier molecular flexibility index (Phi) is 4.32. The summed E-state index contributed by atoms with van der Waals surface area (Å²) in [5.74, 6) is -3.05. The van der Waals surface area contributed by atoms with E-state index in [2.05, 4.69) is 0 Å². The molecule has 0 amide bonds. The van der Waals surface area contributed by atoms with Crippen molar-refractivity contribution in [2.24, 2.45) is 0 Å². The van der Waals surface area contributed by atoms with Gasteiger partial charge in [-0.2, -0.15) is 0 Å². The van der Waals surface area contributed by atoms with Gasteiger partial charge in [0.2, 0.25) is 11.6 Å². The summed E-state index contributed by atoms with van der Waals surface area (Å²) < 4.78 is 0. The predicted molar refractivity (Wildman–Crippen MR) is 76.6 cm³/mol. The third-order valence-corrected chi connectivity index (χ3v) is 3.31. The number of ketones is 3. The summed E-state index contributed by atoms with van der Waals surface area (Å²) in [6, 6.07) is 12.1. The summed E-state index contributed by atoms with van der Waals surface area (Å²) >= 11 is 11.7. The van der Waals surface area contributed by atoms with Gasteiger partial charge in [0.15, 0.2) is 0 Å². The van der Waals surface area contributed by atoms with E-state index in [4.69, 9.17) is 23.2 Å². The highest BCUT2D eigenvalue weighted by molar-refractivity contribution is 6.71. The van der Waals surface area contributed by atoms with E-state index in [9.17, 15) is 14.4 Å². The first-order valence-electron chi connectivity index (χ1n) is 5.65. The fourth-order valence-corrected chi connectivity index (χ4v) is 2.08. The Balaban J connectivity index is 2.33. The Morgan fingerprint density at radius 1 is 0.650 bits per heavy atom. The minimum Gasteiger partial charge on any atom is -0.285 e. The lowest BCUT2D eigenvalue weighted by Crippen LogP contribution is -2.24. The van der Waals surface area contributed by atoms with Gasteiger partial charge in [-0.3, -0.25) is 14.4 Å². The number of carbonyl (C=O) groups is 3. The first kappa shape index (κ1) is 14.4. The molecule has 2 aromatic rings. The first-order valence-corrected chi connectivity index (χ1v) is 6.40. The van der Waals surface area contributed by atoms with Gasteiger partial charge in [0.1, 0.15) is 0 Å². The monoisotopic (exact) mass is 306 g/mol. The molecule has 0 saturated carbocycles. The molecule has 0 aliphatic rings. The van der Waals surface area contributed by atoms with Gasteiger partial charge in [0.05, 0.1) is 10.0 Å². The number of hydrogen-bond donors (Lipinski definition) is 0. The van der Waals surface area contributed by atoms with Crippen LogP contribution in [0.3, 0.4) is 0 Å². The van der Waals surface area contributed by atoms with Crippen molar-refractivity contribution < 1.29 is 14.4 Å². The molecule has 2 aromatic carbocycles. The molecule has 0 unspecified atom stereocenters. The first-order chi connectivity index (χ1) is 9.52. The molecular formula is C15H8Cl2O3. The Hall–Kier alpha value is -1.97. The van der Waals surface area contributed by atoms with Crippen LogP contribution in [0.25, 0.3) is 0 Å². The molecule has 20 heavy (non-hydrogen) atoms. The van der Waals surface area contributed by atoms with Gasteiger partial charge in [0, 0.05) is 11.1 Å². The molecule has 0 saturated heterocycles. The zero-order chi connectivity index (χ0) is 14.7. The second-order valence-electron chi connectivity index (χ2n) is 3.95. The Labute approximate surface area is 125 Å². The van der Waals surface area contributed by atoms with Crippen LogP contribution in [0.5, 0.6) is 0 Å². The second-order valence-corrected chi connectivity index (χ2v) is 4.76. The zero-order valence-electron chi connectivity index (χ0n) is 10.1. The maximum Gasteiger partial charge on any atom is 0.274 e. The molecule has 0 atom stereocenters. The number of hydrogen-bond acceptors (Lipinski definition) is 3. The molecule has 0 heterocycles. The summed E-state index contributed by atoms with van der Waals surface area (Å²) in [6.07, 6.45) is 0. The van der Waals surface area contributed by atoms with E-state index in [1.807, 2.05) is 0 Å². The largest absolute Gasteiger partial charge is 0.285 e. The van der Waals surface area contributed by atoms with Crippen molar-refractivity contribution in [3.63, 3.8) is 0 Å². The minimum absolute atomic E-state index is 0.000398. The quantitative estimate of drug-likeness (QED) is 0.492. The number of benzene rings is 2. The van der Waals surface area contributed by atoms with E-state index in [-0.39, 0.29) is 21.2 Å². The highest BCUT2D eigenvalue weighted by Crippen LogP contribution is 2.19. The standard InChI is InChI=1S/C15H8Cl2O3/c16-11-7-3-1-5-9(11)13(18)15(20)14(19)10-6-2-4-8-12(10)17/h1-8H. The van der Waals surface area contributed by atoms with Gasteiger partial charge in [-0.1, -0.05) is 47.5 Å². The lowest BCUT2D eigenvalue weighted by molar-refractivity contribution is -0.111. The van der Waals surface area contributed by atoms with E-state index < -0.39 is 17.3 Å². The summed E-state index contributed by atoms with van der Waals surface area (Å²) in [5.41, 5.74) is -0.000796. The Bertz CT molecular complexity index is 648. The smallest absolute Gasteiger partial charge is 0.274 e. The number of Topliss-reactive ketones (excluding diaryl/α,β-unsaturated/α-hetero) is 3. The highest BCUT2D eigenvalue weighted by Gasteiger charge is 2.27. The van der Waals surface area contributed by atoms with E-state index in [0.717, 1.165) is 0 Å². The minimum atomic E-state index is -1.16. The molecule has 100 valence electrons. The Morgan fingerprint density at radius 3 is 1.35 bits per heavy atom. The van der Waals surface area contributed by atoms with Crippen LogP contribution in [0.2, 0.25) is 10.0 Å². The third-order valence-electron chi connectivity index (χ3n) is 2.65. The molecule has 0 aromatic heterocycles. The van der Waals surface area contributed by atoms with Gasteiger partial charge < -0.3 is 0 Å². The van der Waals surface area contributed by atoms with Crippen LogP contribution in [0.1, 0.15) is 20.7 Å². The third kappa shape index (κ3) is 2.79. The van der Waals surface area contributed by atoms with Crippen LogP contribution in [0.15, 0.2) is 48.5 Å². The topological polar surface area (TPSA) is 51.2 Å². The van der Waals surface area contributed by atoms with Gasteiger partial charge in [-0.25, -0.2) is 0 Å². The predicted octanol–water partition coefficient (Wildman–Crippen LogP) is 3.63. The SMILES string of the molecule is O=C(C(=O)c1ccccc1Cl)C(=O)c1ccccc1Cl. The van der Waals surface area contributed by atoms with Crippen molar-refractivity contribution in [3.05, 3.63) is 69.7 Å². The second kappa shape index (κ2) is 5.99. The van der Waals surface area contributed by atoms with E-state index in [1.54, 1.807) is 24.3 Å². The van der Waals surface area contributed by atoms with E-state index in [0.29, 0.717) is 0 Å². The lowest BCUT2D eigenvalue weighted by Gasteiger charge is -2.03. The molecule has 0 aliphatic carbocycles. The Morgan fingerprint density at radius 2 is 1.00 bits per heavy atom. The fourth-order valence-electron chi connectivity index (χ4n) is 1.64. The van der Waals surface area contributed by atoms with Crippen molar-refractivity contribution in [2.75, 3.05) is 0 Å². The maximum absolute atomic E-state index is 12.0. The van der Waals surface area contributed by atoms with Crippen molar-refractivity contribution >= 4 is 40.6 Å². The van der Waals surface area contributed by atoms with Crippen molar-refractivity contribution in [1.29, 1.82) is 0 Å². The average Bonchev–Trinajstić information content (AvgIpc) is 2.46. The van der Waals surface area contributed by atoms with Gasteiger partial charge in [0.25, 0.3) is 5.78 Å². The van der Waals surface area contributed by atoms with Crippen molar-refractivity contribution in [3.8, 4) is 0 Å². The van der Waals surface area contributed by atoms with Crippen LogP contribution in [-0.4, -0.2) is 17.3 Å². The van der Waals surface area contributed by atoms with Crippen LogP contribution in [-0.2, 0) is 4.79 Å². The summed E-state index contributed by atoms with van der Waals surface area (Å²) in [7, 11) is 0. The van der Waals surface area contributed by atoms with E-state index >= 15 is 0 Å². The zero-order valence-corrected chi connectivity index (χ0v) is 11.6. The molecule has 0 aliphatic heterocycles. The molecule has 3 nitrogen and oxygen atoms in total. The fraction of sp³-hybridized carbons (Fsp3) is 0. The van der Waals surface area contributed by atoms with Gasteiger partial charge >= 0.3 is 0 Å².